The smallest absolute Gasteiger partial charge is 0.338 e. The van der Waals surface area contributed by atoms with Crippen LogP contribution in [-0.4, -0.2) is 31.5 Å². The Bertz CT molecular complexity index is 1030. The van der Waals surface area contributed by atoms with Crippen molar-refractivity contribution in [1.29, 1.82) is 0 Å². The van der Waals surface area contributed by atoms with Crippen molar-refractivity contribution in [2.24, 2.45) is 0 Å². The molecule has 0 N–H and O–H groups in total. The van der Waals surface area contributed by atoms with Gasteiger partial charge in [-0.15, -0.1) is 0 Å². The third-order valence-corrected chi connectivity index (χ3v) is 6.93. The van der Waals surface area contributed by atoms with E-state index < -0.39 is 17.8 Å². The van der Waals surface area contributed by atoms with Gasteiger partial charge in [0.15, 0.2) is 0 Å². The maximum absolute atomic E-state index is 13.0. The molecule has 0 atom stereocenters. The summed E-state index contributed by atoms with van der Waals surface area (Å²) in [6.07, 6.45) is 16.4. The van der Waals surface area contributed by atoms with Crippen LogP contribution in [0.5, 0.6) is 5.75 Å². The fraction of sp³-hybridized carbons (Fsp3) is 0.516. The standard InChI is InChI=1S/C31H41NO5/c1-3-4-5-6-7-8-9-10-11-12-13-14-15-22-37-31(35)24-16-21-27-28(23-24)30(34)32(29(27)33)25-17-19-26(36-2)20-18-25/h16-21,23H,3-15,22H2,1-2H3. The van der Waals surface area contributed by atoms with E-state index in [9.17, 15) is 14.4 Å². The van der Waals surface area contributed by atoms with Crippen LogP contribution in [0, 0.1) is 0 Å². The number of unbranched alkanes of at least 4 members (excludes halogenated alkanes) is 12. The van der Waals surface area contributed by atoms with Gasteiger partial charge in [0.1, 0.15) is 5.75 Å². The third-order valence-electron chi connectivity index (χ3n) is 6.93. The summed E-state index contributed by atoms with van der Waals surface area (Å²) in [4.78, 5) is 39.4. The van der Waals surface area contributed by atoms with E-state index in [2.05, 4.69) is 6.92 Å². The predicted octanol–water partition coefficient (Wildman–Crippen LogP) is 7.74. The number of hydrogen-bond acceptors (Lipinski definition) is 5. The number of nitrogens with zero attached hydrogens (tertiary/aromatic N) is 1. The van der Waals surface area contributed by atoms with Gasteiger partial charge in [0.25, 0.3) is 11.8 Å². The minimum absolute atomic E-state index is 0.219. The number of anilines is 1. The quantitative estimate of drug-likeness (QED) is 0.124. The number of rotatable bonds is 17. The van der Waals surface area contributed by atoms with Gasteiger partial charge in [-0.1, -0.05) is 84.0 Å². The Morgan fingerprint density at radius 2 is 1.24 bits per heavy atom. The molecule has 6 nitrogen and oxygen atoms in total. The summed E-state index contributed by atoms with van der Waals surface area (Å²) in [5.74, 6) is -0.688. The van der Waals surface area contributed by atoms with Crippen LogP contribution in [0.4, 0.5) is 5.69 Å². The molecule has 0 spiro atoms. The van der Waals surface area contributed by atoms with Gasteiger partial charge >= 0.3 is 5.97 Å². The molecule has 200 valence electrons. The van der Waals surface area contributed by atoms with Crippen molar-refractivity contribution in [1.82, 2.24) is 0 Å². The molecule has 0 bridgehead atoms. The number of ether oxygens (including phenoxy) is 2. The average Bonchev–Trinajstić information content (AvgIpc) is 3.17. The molecule has 0 saturated heterocycles. The highest BCUT2D eigenvalue weighted by Gasteiger charge is 2.37. The molecule has 0 fully saturated rings. The molecule has 6 heteroatoms. The Labute approximate surface area is 221 Å². The van der Waals surface area contributed by atoms with Crippen molar-refractivity contribution >= 4 is 23.5 Å². The van der Waals surface area contributed by atoms with Gasteiger partial charge in [-0.05, 0) is 48.9 Å². The van der Waals surface area contributed by atoms with Crippen molar-refractivity contribution in [2.75, 3.05) is 18.6 Å². The van der Waals surface area contributed by atoms with Gasteiger partial charge in [-0.3, -0.25) is 9.59 Å². The third kappa shape index (κ3) is 8.17. The first-order chi connectivity index (χ1) is 18.1. The number of carbonyl (C=O) groups excluding carboxylic acids is 3. The molecule has 1 heterocycles. The Balaban J connectivity index is 1.34. The average molecular weight is 508 g/mol. The summed E-state index contributed by atoms with van der Waals surface area (Å²) in [6, 6.07) is 11.2. The molecule has 37 heavy (non-hydrogen) atoms. The molecule has 2 aromatic rings. The van der Waals surface area contributed by atoms with E-state index in [0.717, 1.165) is 24.2 Å². The highest BCUT2D eigenvalue weighted by molar-refractivity contribution is 6.34. The molecule has 0 saturated carbocycles. The summed E-state index contributed by atoms with van der Waals surface area (Å²) in [6.45, 7) is 2.61. The molecular formula is C31H41NO5. The second-order valence-electron chi connectivity index (χ2n) is 9.78. The van der Waals surface area contributed by atoms with E-state index in [1.807, 2.05) is 0 Å². The van der Waals surface area contributed by atoms with E-state index in [0.29, 0.717) is 18.0 Å². The topological polar surface area (TPSA) is 72.9 Å². The maximum Gasteiger partial charge on any atom is 0.338 e. The monoisotopic (exact) mass is 507 g/mol. The lowest BCUT2D eigenvalue weighted by atomic mass is 10.0. The number of carbonyl (C=O) groups is 3. The van der Waals surface area contributed by atoms with Gasteiger partial charge < -0.3 is 9.47 Å². The van der Waals surface area contributed by atoms with Crippen LogP contribution in [0.1, 0.15) is 121 Å². The van der Waals surface area contributed by atoms with Crippen LogP contribution in [0.15, 0.2) is 42.5 Å². The molecule has 0 radical (unpaired) electrons. The van der Waals surface area contributed by atoms with Crippen molar-refractivity contribution in [3.8, 4) is 5.75 Å². The van der Waals surface area contributed by atoms with Gasteiger partial charge in [0, 0.05) is 0 Å². The normalized spacial score (nSPS) is 12.6. The molecule has 0 unspecified atom stereocenters. The number of imide groups is 1. The van der Waals surface area contributed by atoms with Gasteiger partial charge in [0.05, 0.1) is 36.1 Å². The zero-order valence-electron chi connectivity index (χ0n) is 22.4. The molecule has 0 aliphatic carbocycles. The fourth-order valence-corrected chi connectivity index (χ4v) is 4.70. The van der Waals surface area contributed by atoms with Gasteiger partial charge in [0.2, 0.25) is 0 Å². The van der Waals surface area contributed by atoms with Gasteiger partial charge in [-0.25, -0.2) is 9.69 Å². The molecule has 1 aliphatic heterocycles. The van der Waals surface area contributed by atoms with Crippen LogP contribution in [0.25, 0.3) is 0 Å². The maximum atomic E-state index is 13.0. The summed E-state index contributed by atoms with van der Waals surface area (Å²) in [5, 5.41) is 0. The van der Waals surface area contributed by atoms with Gasteiger partial charge in [-0.2, -0.15) is 0 Å². The zero-order valence-corrected chi connectivity index (χ0v) is 22.4. The first-order valence-electron chi connectivity index (χ1n) is 13.9. The lowest BCUT2D eigenvalue weighted by molar-refractivity contribution is 0.0497. The number of amides is 2. The van der Waals surface area contributed by atoms with E-state index in [4.69, 9.17) is 9.47 Å². The molecular weight excluding hydrogens is 466 g/mol. The number of hydrogen-bond donors (Lipinski definition) is 0. The second-order valence-corrected chi connectivity index (χ2v) is 9.78. The first-order valence-corrected chi connectivity index (χ1v) is 13.9. The summed E-state index contributed by atoms with van der Waals surface area (Å²) in [7, 11) is 1.55. The molecule has 2 aromatic carbocycles. The number of benzene rings is 2. The molecule has 3 rings (SSSR count). The Hall–Kier alpha value is -3.15. The number of fused-ring (bicyclic) bond motifs is 1. The lowest BCUT2D eigenvalue weighted by Crippen LogP contribution is -2.29. The number of methoxy groups -OCH3 is 1. The molecule has 2 amide bonds. The summed E-state index contributed by atoms with van der Waals surface area (Å²) in [5.41, 5.74) is 1.25. The van der Waals surface area contributed by atoms with Crippen LogP contribution in [0.2, 0.25) is 0 Å². The van der Waals surface area contributed by atoms with Crippen molar-refractivity contribution in [2.45, 2.75) is 90.4 Å². The van der Waals surface area contributed by atoms with E-state index >= 15 is 0 Å². The SMILES string of the molecule is CCCCCCCCCCCCCCCOC(=O)c1ccc2c(c1)C(=O)N(c1ccc(OC)cc1)C2=O. The Kier molecular flexibility index (Phi) is 11.7. The van der Waals surface area contributed by atoms with Crippen LogP contribution in [-0.2, 0) is 4.74 Å². The lowest BCUT2D eigenvalue weighted by Gasteiger charge is -2.14. The highest BCUT2D eigenvalue weighted by Crippen LogP contribution is 2.30. The molecule has 0 aromatic heterocycles. The largest absolute Gasteiger partial charge is 0.497 e. The minimum atomic E-state index is -0.468. The van der Waals surface area contributed by atoms with Crippen molar-refractivity contribution in [3.63, 3.8) is 0 Å². The van der Waals surface area contributed by atoms with Crippen LogP contribution in [0.3, 0.4) is 0 Å². The molecule has 1 aliphatic rings. The van der Waals surface area contributed by atoms with E-state index in [-0.39, 0.29) is 16.7 Å². The van der Waals surface area contributed by atoms with Crippen LogP contribution >= 0.6 is 0 Å². The Morgan fingerprint density at radius 1 is 0.703 bits per heavy atom. The predicted molar refractivity (Wildman–Crippen MR) is 147 cm³/mol. The van der Waals surface area contributed by atoms with Crippen molar-refractivity contribution < 1.29 is 23.9 Å². The first kappa shape index (κ1) is 28.4. The fourth-order valence-electron chi connectivity index (χ4n) is 4.70. The minimum Gasteiger partial charge on any atom is -0.497 e. The summed E-state index contributed by atoms with van der Waals surface area (Å²) >= 11 is 0. The zero-order chi connectivity index (χ0) is 26.5. The highest BCUT2D eigenvalue weighted by atomic mass is 16.5. The second kappa shape index (κ2) is 15.2. The number of esters is 1. The van der Waals surface area contributed by atoms with E-state index in [1.165, 1.54) is 76.3 Å². The summed E-state index contributed by atoms with van der Waals surface area (Å²) < 4.78 is 10.6. The van der Waals surface area contributed by atoms with Crippen LogP contribution < -0.4 is 9.64 Å². The van der Waals surface area contributed by atoms with Crippen molar-refractivity contribution in [3.05, 3.63) is 59.2 Å². The Morgan fingerprint density at radius 3 is 1.81 bits per heavy atom. The van der Waals surface area contributed by atoms with E-state index in [1.54, 1.807) is 37.4 Å².